The van der Waals surface area contributed by atoms with Crippen LogP contribution in [0.25, 0.3) is 5.57 Å². The van der Waals surface area contributed by atoms with E-state index in [2.05, 4.69) is 24.3 Å². The standard InChI is InChI=1S/C16H16O/c1-13(17)12-16(14-8-4-2-5-9-14)15-10-6-3-7-11-15/h2-13,17H,1H3/t13-/m1/s1. The monoisotopic (exact) mass is 224 g/mol. The summed E-state index contributed by atoms with van der Waals surface area (Å²) >= 11 is 0. The third kappa shape index (κ3) is 3.05. The number of hydrogen-bond donors (Lipinski definition) is 1. The number of aliphatic hydroxyl groups is 1. The molecule has 0 spiro atoms. The van der Waals surface area contributed by atoms with Gasteiger partial charge in [0.25, 0.3) is 0 Å². The average molecular weight is 224 g/mol. The van der Waals surface area contributed by atoms with Gasteiger partial charge in [-0.05, 0) is 29.7 Å². The first-order valence-corrected chi connectivity index (χ1v) is 5.78. The van der Waals surface area contributed by atoms with E-state index in [0.717, 1.165) is 16.7 Å². The highest BCUT2D eigenvalue weighted by Crippen LogP contribution is 2.23. The minimum absolute atomic E-state index is 0.453. The first-order chi connectivity index (χ1) is 8.27. The molecule has 0 aliphatic carbocycles. The highest BCUT2D eigenvalue weighted by atomic mass is 16.3. The van der Waals surface area contributed by atoms with Crippen LogP contribution < -0.4 is 0 Å². The van der Waals surface area contributed by atoms with Crippen molar-refractivity contribution in [3.05, 3.63) is 77.9 Å². The zero-order chi connectivity index (χ0) is 12.1. The lowest BCUT2D eigenvalue weighted by atomic mass is 9.97. The Bertz CT molecular complexity index is 442. The molecular weight excluding hydrogens is 208 g/mol. The fourth-order valence-electron chi connectivity index (χ4n) is 1.84. The summed E-state index contributed by atoms with van der Waals surface area (Å²) in [6, 6.07) is 20.2. The van der Waals surface area contributed by atoms with E-state index in [1.165, 1.54) is 0 Å². The van der Waals surface area contributed by atoms with Gasteiger partial charge in [0.1, 0.15) is 0 Å². The van der Waals surface area contributed by atoms with E-state index >= 15 is 0 Å². The van der Waals surface area contributed by atoms with Gasteiger partial charge in [-0.1, -0.05) is 60.7 Å². The predicted molar refractivity (Wildman–Crippen MR) is 71.6 cm³/mol. The topological polar surface area (TPSA) is 20.2 Å². The maximum Gasteiger partial charge on any atom is 0.0701 e. The Morgan fingerprint density at radius 3 is 1.65 bits per heavy atom. The molecule has 1 atom stereocenters. The summed E-state index contributed by atoms with van der Waals surface area (Å²) < 4.78 is 0. The number of hydrogen-bond acceptors (Lipinski definition) is 1. The van der Waals surface area contributed by atoms with Crippen LogP contribution in [-0.4, -0.2) is 11.2 Å². The van der Waals surface area contributed by atoms with Crippen LogP contribution >= 0.6 is 0 Å². The van der Waals surface area contributed by atoms with Crippen LogP contribution in [0.1, 0.15) is 18.1 Å². The Kier molecular flexibility index (Phi) is 3.73. The number of rotatable bonds is 3. The normalized spacial score (nSPS) is 11.9. The molecule has 0 aromatic heterocycles. The van der Waals surface area contributed by atoms with Gasteiger partial charge in [-0.25, -0.2) is 0 Å². The van der Waals surface area contributed by atoms with Gasteiger partial charge in [0.15, 0.2) is 0 Å². The first kappa shape index (κ1) is 11.6. The molecule has 1 heteroatoms. The van der Waals surface area contributed by atoms with Gasteiger partial charge in [0, 0.05) is 0 Å². The molecule has 17 heavy (non-hydrogen) atoms. The molecule has 0 aliphatic heterocycles. The second-order valence-electron chi connectivity index (χ2n) is 4.05. The summed E-state index contributed by atoms with van der Waals surface area (Å²) in [5, 5.41) is 9.57. The summed E-state index contributed by atoms with van der Waals surface area (Å²) in [6.45, 7) is 1.77. The average Bonchev–Trinajstić information content (AvgIpc) is 2.38. The van der Waals surface area contributed by atoms with Crippen molar-refractivity contribution in [3.63, 3.8) is 0 Å². The molecule has 0 radical (unpaired) electrons. The van der Waals surface area contributed by atoms with Crippen molar-refractivity contribution < 1.29 is 5.11 Å². The molecule has 1 nitrogen and oxygen atoms in total. The van der Waals surface area contributed by atoms with Gasteiger partial charge >= 0.3 is 0 Å². The van der Waals surface area contributed by atoms with E-state index in [1.54, 1.807) is 6.92 Å². The van der Waals surface area contributed by atoms with Crippen LogP contribution in [0.3, 0.4) is 0 Å². The lowest BCUT2D eigenvalue weighted by molar-refractivity contribution is 0.244. The largest absolute Gasteiger partial charge is 0.389 e. The van der Waals surface area contributed by atoms with Crippen molar-refractivity contribution in [2.45, 2.75) is 13.0 Å². The summed E-state index contributed by atoms with van der Waals surface area (Å²) in [5.74, 6) is 0. The Morgan fingerprint density at radius 1 is 0.882 bits per heavy atom. The van der Waals surface area contributed by atoms with E-state index in [4.69, 9.17) is 0 Å². The third-order valence-corrected chi connectivity index (χ3v) is 2.58. The molecule has 0 saturated heterocycles. The van der Waals surface area contributed by atoms with E-state index in [0.29, 0.717) is 0 Å². The molecule has 0 heterocycles. The van der Waals surface area contributed by atoms with Crippen LogP contribution in [0.2, 0.25) is 0 Å². The zero-order valence-corrected chi connectivity index (χ0v) is 9.88. The Hall–Kier alpha value is -1.86. The van der Waals surface area contributed by atoms with Crippen LogP contribution in [0.4, 0.5) is 0 Å². The molecule has 2 aromatic carbocycles. The van der Waals surface area contributed by atoms with E-state index in [-0.39, 0.29) is 0 Å². The van der Waals surface area contributed by atoms with E-state index in [1.807, 2.05) is 42.5 Å². The van der Waals surface area contributed by atoms with E-state index < -0.39 is 6.10 Å². The highest BCUT2D eigenvalue weighted by Gasteiger charge is 2.05. The summed E-state index contributed by atoms with van der Waals surface area (Å²) in [4.78, 5) is 0. The fraction of sp³-hybridized carbons (Fsp3) is 0.125. The van der Waals surface area contributed by atoms with Crippen LogP contribution in [0.15, 0.2) is 66.7 Å². The zero-order valence-electron chi connectivity index (χ0n) is 9.88. The summed E-state index contributed by atoms with van der Waals surface area (Å²) in [5.41, 5.74) is 3.32. The minimum Gasteiger partial charge on any atom is -0.389 e. The Morgan fingerprint density at radius 2 is 1.29 bits per heavy atom. The lowest BCUT2D eigenvalue weighted by Gasteiger charge is -2.09. The smallest absolute Gasteiger partial charge is 0.0701 e. The quantitative estimate of drug-likeness (QED) is 0.846. The SMILES string of the molecule is C[C@@H](O)C=C(c1ccccc1)c1ccccc1. The number of benzene rings is 2. The maximum absolute atomic E-state index is 9.57. The number of aliphatic hydroxyl groups excluding tert-OH is 1. The van der Waals surface area contributed by atoms with Crippen molar-refractivity contribution in [3.8, 4) is 0 Å². The van der Waals surface area contributed by atoms with Crippen molar-refractivity contribution >= 4 is 5.57 Å². The molecule has 2 rings (SSSR count). The molecule has 86 valence electrons. The molecule has 2 aromatic rings. The van der Waals surface area contributed by atoms with Crippen molar-refractivity contribution in [1.82, 2.24) is 0 Å². The molecule has 0 aliphatic rings. The minimum atomic E-state index is -0.453. The van der Waals surface area contributed by atoms with Gasteiger partial charge in [-0.2, -0.15) is 0 Å². The molecule has 0 fully saturated rings. The molecular formula is C16H16O. The molecule has 1 N–H and O–H groups in total. The van der Waals surface area contributed by atoms with Crippen molar-refractivity contribution in [2.75, 3.05) is 0 Å². The predicted octanol–water partition coefficient (Wildman–Crippen LogP) is 3.50. The summed E-state index contributed by atoms with van der Waals surface area (Å²) in [6.07, 6.45) is 1.43. The fourth-order valence-corrected chi connectivity index (χ4v) is 1.84. The molecule has 0 amide bonds. The molecule has 0 unspecified atom stereocenters. The Labute approximate surface area is 102 Å². The highest BCUT2D eigenvalue weighted by molar-refractivity contribution is 5.79. The molecule has 0 bridgehead atoms. The third-order valence-electron chi connectivity index (χ3n) is 2.58. The maximum atomic E-state index is 9.57. The van der Waals surface area contributed by atoms with Crippen LogP contribution in [0.5, 0.6) is 0 Å². The van der Waals surface area contributed by atoms with Gasteiger partial charge in [-0.15, -0.1) is 0 Å². The second-order valence-corrected chi connectivity index (χ2v) is 4.05. The van der Waals surface area contributed by atoms with Crippen LogP contribution in [-0.2, 0) is 0 Å². The summed E-state index contributed by atoms with van der Waals surface area (Å²) in [7, 11) is 0. The van der Waals surface area contributed by atoms with Crippen molar-refractivity contribution in [2.24, 2.45) is 0 Å². The van der Waals surface area contributed by atoms with Gasteiger partial charge in [-0.3, -0.25) is 0 Å². The Balaban J connectivity index is 2.47. The second kappa shape index (κ2) is 5.46. The van der Waals surface area contributed by atoms with E-state index in [9.17, 15) is 5.11 Å². The van der Waals surface area contributed by atoms with Gasteiger partial charge < -0.3 is 5.11 Å². The lowest BCUT2D eigenvalue weighted by Crippen LogP contribution is -1.97. The first-order valence-electron chi connectivity index (χ1n) is 5.78. The van der Waals surface area contributed by atoms with Gasteiger partial charge in [0.05, 0.1) is 6.10 Å². The van der Waals surface area contributed by atoms with Crippen LogP contribution in [0, 0.1) is 0 Å². The van der Waals surface area contributed by atoms with Gasteiger partial charge in [0.2, 0.25) is 0 Å². The van der Waals surface area contributed by atoms with Crippen molar-refractivity contribution in [1.29, 1.82) is 0 Å². The molecule has 0 saturated carbocycles.